The quantitative estimate of drug-likeness (QED) is 0.862. The molecule has 0 atom stereocenters. The second-order valence-electron chi connectivity index (χ2n) is 6.42. The average molecular weight is 324 g/mol. The molecular weight excluding hydrogens is 300 g/mol. The summed E-state index contributed by atoms with van der Waals surface area (Å²) in [6, 6.07) is 8.11. The van der Waals surface area contributed by atoms with Crippen LogP contribution in [0.4, 0.5) is 17.6 Å². The molecule has 2 fully saturated rings. The molecule has 0 aromatic carbocycles. The van der Waals surface area contributed by atoms with Crippen molar-refractivity contribution in [3.63, 3.8) is 0 Å². The van der Waals surface area contributed by atoms with Gasteiger partial charge >= 0.3 is 0 Å². The number of piperazine rings is 1. The third kappa shape index (κ3) is 3.27. The van der Waals surface area contributed by atoms with E-state index in [1.807, 2.05) is 30.6 Å². The Morgan fingerprint density at radius 3 is 2.12 bits per heavy atom. The number of piperidine rings is 1. The van der Waals surface area contributed by atoms with E-state index >= 15 is 0 Å². The van der Waals surface area contributed by atoms with Gasteiger partial charge in [-0.2, -0.15) is 4.98 Å². The maximum Gasteiger partial charge on any atom is 0.227 e. The van der Waals surface area contributed by atoms with Gasteiger partial charge in [-0.1, -0.05) is 6.07 Å². The van der Waals surface area contributed by atoms with Gasteiger partial charge in [0.25, 0.3) is 0 Å². The summed E-state index contributed by atoms with van der Waals surface area (Å²) in [7, 11) is 0. The number of anilines is 3. The molecular formula is C18H24N6. The number of aromatic nitrogens is 3. The maximum absolute atomic E-state index is 4.82. The molecule has 6 heteroatoms. The van der Waals surface area contributed by atoms with Gasteiger partial charge in [-0.3, -0.25) is 0 Å². The Morgan fingerprint density at radius 2 is 1.38 bits per heavy atom. The van der Waals surface area contributed by atoms with Crippen molar-refractivity contribution in [3.8, 4) is 0 Å². The summed E-state index contributed by atoms with van der Waals surface area (Å²) in [5.74, 6) is 2.99. The third-order valence-corrected chi connectivity index (χ3v) is 4.84. The maximum atomic E-state index is 4.82. The fourth-order valence-electron chi connectivity index (χ4n) is 3.47. The first-order valence-corrected chi connectivity index (χ1v) is 8.89. The van der Waals surface area contributed by atoms with E-state index in [-0.39, 0.29) is 0 Å². The molecule has 0 saturated carbocycles. The summed E-state index contributed by atoms with van der Waals surface area (Å²) < 4.78 is 0. The van der Waals surface area contributed by atoms with Crippen LogP contribution >= 0.6 is 0 Å². The first-order valence-electron chi connectivity index (χ1n) is 8.89. The van der Waals surface area contributed by atoms with Crippen molar-refractivity contribution < 1.29 is 0 Å². The molecule has 4 heterocycles. The van der Waals surface area contributed by atoms with Crippen LogP contribution in [0.3, 0.4) is 0 Å². The molecule has 24 heavy (non-hydrogen) atoms. The van der Waals surface area contributed by atoms with E-state index in [1.165, 1.54) is 19.3 Å². The molecule has 2 aliphatic rings. The average Bonchev–Trinajstić information content (AvgIpc) is 2.70. The smallest absolute Gasteiger partial charge is 0.227 e. The lowest BCUT2D eigenvalue weighted by Crippen LogP contribution is -2.47. The van der Waals surface area contributed by atoms with E-state index in [2.05, 4.69) is 30.7 Å². The number of pyridine rings is 1. The number of hydrogen-bond donors (Lipinski definition) is 0. The van der Waals surface area contributed by atoms with Crippen LogP contribution in [-0.2, 0) is 0 Å². The Kier molecular flexibility index (Phi) is 4.44. The topological polar surface area (TPSA) is 48.4 Å². The standard InChI is InChI=1S/C18H24N6/c1-4-10-22(11-5-1)17-7-9-20-18(21-17)24-14-12-23(13-15-24)16-6-2-3-8-19-16/h2-3,6-9H,1,4-5,10-15H2. The highest BCUT2D eigenvalue weighted by atomic mass is 15.3. The summed E-state index contributed by atoms with van der Waals surface area (Å²) in [5.41, 5.74) is 0. The van der Waals surface area contributed by atoms with Crippen LogP contribution in [0.5, 0.6) is 0 Å². The second kappa shape index (κ2) is 7.03. The lowest BCUT2D eigenvalue weighted by atomic mass is 10.1. The Morgan fingerprint density at radius 1 is 0.625 bits per heavy atom. The number of rotatable bonds is 3. The first kappa shape index (κ1) is 15.2. The third-order valence-electron chi connectivity index (χ3n) is 4.84. The summed E-state index contributed by atoms with van der Waals surface area (Å²) in [5, 5.41) is 0. The Bertz CT molecular complexity index is 648. The van der Waals surface area contributed by atoms with Gasteiger partial charge in [-0.25, -0.2) is 9.97 Å². The normalized spacial score (nSPS) is 18.8. The zero-order chi connectivity index (χ0) is 16.2. The van der Waals surface area contributed by atoms with Crippen molar-refractivity contribution in [2.75, 3.05) is 54.0 Å². The monoisotopic (exact) mass is 324 g/mol. The van der Waals surface area contributed by atoms with E-state index in [1.54, 1.807) is 0 Å². The van der Waals surface area contributed by atoms with Crippen molar-refractivity contribution >= 4 is 17.6 Å². The molecule has 0 unspecified atom stereocenters. The highest BCUT2D eigenvalue weighted by Gasteiger charge is 2.21. The van der Waals surface area contributed by atoms with Gasteiger partial charge < -0.3 is 14.7 Å². The van der Waals surface area contributed by atoms with Crippen LogP contribution in [0.15, 0.2) is 36.7 Å². The summed E-state index contributed by atoms with van der Waals surface area (Å²) in [4.78, 5) is 20.8. The van der Waals surface area contributed by atoms with E-state index in [4.69, 9.17) is 4.98 Å². The van der Waals surface area contributed by atoms with Crippen LogP contribution in [0.25, 0.3) is 0 Å². The lowest BCUT2D eigenvalue weighted by Gasteiger charge is -2.36. The highest BCUT2D eigenvalue weighted by Crippen LogP contribution is 2.21. The molecule has 2 saturated heterocycles. The van der Waals surface area contributed by atoms with Crippen molar-refractivity contribution in [1.82, 2.24) is 15.0 Å². The van der Waals surface area contributed by atoms with Crippen molar-refractivity contribution in [2.45, 2.75) is 19.3 Å². The SMILES string of the molecule is c1ccc(N2CCN(c3nccc(N4CCCCC4)n3)CC2)nc1. The Labute approximate surface area is 143 Å². The predicted octanol–water partition coefficient (Wildman–Crippen LogP) is 2.19. The van der Waals surface area contributed by atoms with E-state index in [0.29, 0.717) is 0 Å². The fraction of sp³-hybridized carbons (Fsp3) is 0.500. The van der Waals surface area contributed by atoms with Crippen LogP contribution in [0, 0.1) is 0 Å². The molecule has 2 aromatic rings. The molecule has 0 aliphatic carbocycles. The lowest BCUT2D eigenvalue weighted by molar-refractivity contribution is 0.571. The molecule has 126 valence electrons. The summed E-state index contributed by atoms with van der Waals surface area (Å²) in [6.45, 7) is 6.00. The molecule has 2 aromatic heterocycles. The first-order chi connectivity index (χ1) is 11.9. The van der Waals surface area contributed by atoms with Gasteiger partial charge in [0, 0.05) is 51.7 Å². The van der Waals surface area contributed by atoms with Crippen molar-refractivity contribution in [3.05, 3.63) is 36.7 Å². The van der Waals surface area contributed by atoms with Crippen molar-refractivity contribution in [2.24, 2.45) is 0 Å². The molecule has 0 radical (unpaired) electrons. The van der Waals surface area contributed by atoms with Gasteiger partial charge in [0.15, 0.2) is 0 Å². The van der Waals surface area contributed by atoms with Crippen molar-refractivity contribution in [1.29, 1.82) is 0 Å². The van der Waals surface area contributed by atoms with Crippen LogP contribution in [0.1, 0.15) is 19.3 Å². The van der Waals surface area contributed by atoms with Gasteiger partial charge in [0.1, 0.15) is 11.6 Å². The fourth-order valence-corrected chi connectivity index (χ4v) is 3.47. The van der Waals surface area contributed by atoms with Gasteiger partial charge in [0.2, 0.25) is 5.95 Å². The Balaban J connectivity index is 1.42. The molecule has 0 bridgehead atoms. The zero-order valence-corrected chi connectivity index (χ0v) is 14.0. The predicted molar refractivity (Wildman–Crippen MR) is 96.8 cm³/mol. The minimum absolute atomic E-state index is 0.860. The highest BCUT2D eigenvalue weighted by molar-refractivity contribution is 5.46. The second-order valence-corrected chi connectivity index (χ2v) is 6.42. The van der Waals surface area contributed by atoms with Crippen LogP contribution in [0.2, 0.25) is 0 Å². The molecule has 0 spiro atoms. The molecule has 2 aliphatic heterocycles. The molecule has 4 rings (SSSR count). The van der Waals surface area contributed by atoms with E-state index in [0.717, 1.165) is 56.9 Å². The minimum atomic E-state index is 0.860. The molecule has 6 nitrogen and oxygen atoms in total. The van der Waals surface area contributed by atoms with Gasteiger partial charge in [-0.15, -0.1) is 0 Å². The van der Waals surface area contributed by atoms with E-state index in [9.17, 15) is 0 Å². The number of hydrogen-bond acceptors (Lipinski definition) is 6. The molecule has 0 amide bonds. The Hall–Kier alpha value is -2.37. The molecule has 0 N–H and O–H groups in total. The summed E-state index contributed by atoms with van der Waals surface area (Å²) in [6.07, 6.45) is 7.62. The van der Waals surface area contributed by atoms with E-state index < -0.39 is 0 Å². The van der Waals surface area contributed by atoms with Gasteiger partial charge in [0.05, 0.1) is 0 Å². The zero-order valence-electron chi connectivity index (χ0n) is 14.0. The number of nitrogens with zero attached hydrogens (tertiary/aromatic N) is 6. The minimum Gasteiger partial charge on any atom is -0.356 e. The summed E-state index contributed by atoms with van der Waals surface area (Å²) >= 11 is 0. The van der Waals surface area contributed by atoms with Crippen LogP contribution < -0.4 is 14.7 Å². The van der Waals surface area contributed by atoms with Crippen LogP contribution in [-0.4, -0.2) is 54.2 Å². The largest absolute Gasteiger partial charge is 0.356 e. The van der Waals surface area contributed by atoms with Gasteiger partial charge in [-0.05, 0) is 37.5 Å².